The first kappa shape index (κ1) is 19.2. The average molecular weight is 384 g/mol. The van der Waals surface area contributed by atoms with Crippen molar-refractivity contribution in [2.45, 2.75) is 38.4 Å². The van der Waals surface area contributed by atoms with Gasteiger partial charge in [0.25, 0.3) is 5.91 Å². The summed E-state index contributed by atoms with van der Waals surface area (Å²) in [6, 6.07) is 2.28. The number of carboxylic acids is 1. The SMILES string of the molecule is CC1C(C(=O)O)CCN1C(=O)c1cc(N2CCCC2=O)cc(C(F)(F)F)c1. The normalized spacial score (nSPS) is 23.2. The summed E-state index contributed by atoms with van der Waals surface area (Å²) in [6.45, 7) is 2.03. The van der Waals surface area contributed by atoms with Crippen LogP contribution in [0.25, 0.3) is 0 Å². The van der Waals surface area contributed by atoms with Crippen molar-refractivity contribution < 1.29 is 32.7 Å². The van der Waals surface area contributed by atoms with Crippen molar-refractivity contribution in [2.24, 2.45) is 5.92 Å². The Morgan fingerprint density at radius 3 is 2.41 bits per heavy atom. The van der Waals surface area contributed by atoms with Gasteiger partial charge in [0.2, 0.25) is 5.91 Å². The molecule has 9 heteroatoms. The van der Waals surface area contributed by atoms with Crippen molar-refractivity contribution in [1.82, 2.24) is 4.90 Å². The molecule has 1 N–H and O–H groups in total. The zero-order valence-electron chi connectivity index (χ0n) is 14.6. The van der Waals surface area contributed by atoms with Gasteiger partial charge in [-0.15, -0.1) is 0 Å². The van der Waals surface area contributed by atoms with Gasteiger partial charge in [-0.1, -0.05) is 0 Å². The molecule has 0 aliphatic carbocycles. The van der Waals surface area contributed by atoms with Gasteiger partial charge in [0.1, 0.15) is 0 Å². The van der Waals surface area contributed by atoms with E-state index in [9.17, 15) is 32.7 Å². The van der Waals surface area contributed by atoms with Crippen LogP contribution in [-0.4, -0.2) is 46.9 Å². The van der Waals surface area contributed by atoms with Gasteiger partial charge in [-0.2, -0.15) is 13.2 Å². The van der Waals surface area contributed by atoms with Crippen LogP contribution in [0.4, 0.5) is 18.9 Å². The lowest BCUT2D eigenvalue weighted by Gasteiger charge is -2.25. The molecule has 0 bridgehead atoms. The van der Waals surface area contributed by atoms with Gasteiger partial charge in [-0.25, -0.2) is 0 Å². The van der Waals surface area contributed by atoms with Crippen molar-refractivity contribution in [1.29, 1.82) is 0 Å². The van der Waals surface area contributed by atoms with Crippen LogP contribution in [0.3, 0.4) is 0 Å². The van der Waals surface area contributed by atoms with Crippen LogP contribution in [0.2, 0.25) is 0 Å². The van der Waals surface area contributed by atoms with Crippen LogP contribution in [0.5, 0.6) is 0 Å². The van der Waals surface area contributed by atoms with Gasteiger partial charge < -0.3 is 14.9 Å². The number of carbonyl (C=O) groups excluding carboxylic acids is 2. The minimum atomic E-state index is -4.67. The van der Waals surface area contributed by atoms with E-state index < -0.39 is 35.6 Å². The first-order valence-electron chi connectivity index (χ1n) is 8.66. The molecule has 27 heavy (non-hydrogen) atoms. The first-order valence-corrected chi connectivity index (χ1v) is 8.66. The van der Waals surface area contributed by atoms with E-state index in [4.69, 9.17) is 0 Å². The van der Waals surface area contributed by atoms with E-state index in [1.165, 1.54) is 15.9 Å². The number of aliphatic carboxylic acids is 1. The topological polar surface area (TPSA) is 77.9 Å². The first-order chi connectivity index (χ1) is 12.6. The zero-order valence-corrected chi connectivity index (χ0v) is 14.6. The van der Waals surface area contributed by atoms with Crippen molar-refractivity contribution in [3.05, 3.63) is 29.3 Å². The molecule has 2 aliphatic rings. The van der Waals surface area contributed by atoms with Gasteiger partial charge in [-0.05, 0) is 38.0 Å². The predicted molar refractivity (Wildman–Crippen MR) is 89.3 cm³/mol. The van der Waals surface area contributed by atoms with Crippen LogP contribution < -0.4 is 4.90 Å². The number of rotatable bonds is 3. The lowest BCUT2D eigenvalue weighted by Crippen LogP contribution is -2.38. The van der Waals surface area contributed by atoms with Gasteiger partial charge >= 0.3 is 12.1 Å². The summed E-state index contributed by atoms with van der Waals surface area (Å²) in [5, 5.41) is 9.19. The monoisotopic (exact) mass is 384 g/mol. The third-order valence-electron chi connectivity index (χ3n) is 5.21. The highest BCUT2D eigenvalue weighted by atomic mass is 19.4. The predicted octanol–water partition coefficient (Wildman–Crippen LogP) is 2.77. The standard InChI is InChI=1S/C18H19F3N2O4/c1-10-14(17(26)27)4-6-22(10)16(25)11-7-12(18(19,20)21)9-13(8-11)23-5-2-3-15(23)24/h7-10,14H,2-6H2,1H3,(H,26,27). The van der Waals surface area contributed by atoms with Gasteiger partial charge in [0.05, 0.1) is 11.5 Å². The number of halogens is 3. The second-order valence-corrected chi connectivity index (χ2v) is 6.89. The number of hydrogen-bond acceptors (Lipinski definition) is 3. The molecule has 146 valence electrons. The molecular weight excluding hydrogens is 365 g/mol. The molecule has 1 aromatic rings. The van der Waals surface area contributed by atoms with E-state index >= 15 is 0 Å². The molecule has 0 spiro atoms. The van der Waals surface area contributed by atoms with Crippen molar-refractivity contribution >= 4 is 23.5 Å². The lowest BCUT2D eigenvalue weighted by molar-refractivity contribution is -0.142. The number of hydrogen-bond donors (Lipinski definition) is 1. The summed E-state index contributed by atoms with van der Waals surface area (Å²) in [6.07, 6.45) is -3.63. The Labute approximate surface area is 153 Å². The number of benzene rings is 1. The molecular formula is C18H19F3N2O4. The van der Waals surface area contributed by atoms with Crippen LogP contribution in [0.1, 0.15) is 42.1 Å². The third kappa shape index (κ3) is 3.63. The molecule has 3 rings (SSSR count). The maximum atomic E-state index is 13.3. The molecule has 2 heterocycles. The van der Waals surface area contributed by atoms with E-state index in [2.05, 4.69) is 0 Å². The Morgan fingerprint density at radius 2 is 1.89 bits per heavy atom. The summed E-state index contributed by atoms with van der Waals surface area (Å²) >= 11 is 0. The summed E-state index contributed by atoms with van der Waals surface area (Å²) in [5.74, 6) is -2.73. The Morgan fingerprint density at radius 1 is 1.19 bits per heavy atom. The molecule has 2 amide bonds. The van der Waals surface area contributed by atoms with Crippen molar-refractivity contribution in [3.8, 4) is 0 Å². The van der Waals surface area contributed by atoms with Gasteiger partial charge in [0, 0.05) is 36.8 Å². The Balaban J connectivity index is 1.98. The Bertz CT molecular complexity index is 793. The number of nitrogens with zero attached hydrogens (tertiary/aromatic N) is 2. The quantitative estimate of drug-likeness (QED) is 0.869. The molecule has 0 aromatic heterocycles. The maximum absolute atomic E-state index is 13.3. The fourth-order valence-electron chi connectivity index (χ4n) is 3.70. The highest BCUT2D eigenvalue weighted by Gasteiger charge is 2.40. The molecule has 1 aromatic carbocycles. The fourth-order valence-corrected chi connectivity index (χ4v) is 3.70. The molecule has 6 nitrogen and oxygen atoms in total. The molecule has 2 fully saturated rings. The number of carboxylic acid groups (broad SMARTS) is 1. The average Bonchev–Trinajstić information content (AvgIpc) is 3.18. The molecule has 2 unspecified atom stereocenters. The summed E-state index contributed by atoms with van der Waals surface area (Å²) < 4.78 is 39.9. The summed E-state index contributed by atoms with van der Waals surface area (Å²) in [7, 11) is 0. The van der Waals surface area contributed by atoms with Crippen LogP contribution in [-0.2, 0) is 15.8 Å². The molecule has 0 saturated carbocycles. The van der Waals surface area contributed by atoms with E-state index in [1.54, 1.807) is 6.92 Å². The molecule has 2 atom stereocenters. The third-order valence-corrected chi connectivity index (χ3v) is 5.21. The highest BCUT2D eigenvalue weighted by Crippen LogP contribution is 2.35. The number of alkyl halides is 3. The minimum Gasteiger partial charge on any atom is -0.481 e. The number of amides is 2. The Hall–Kier alpha value is -2.58. The molecule has 0 radical (unpaired) electrons. The van der Waals surface area contributed by atoms with E-state index in [0.29, 0.717) is 13.0 Å². The zero-order chi connectivity index (χ0) is 19.9. The van der Waals surface area contributed by atoms with Crippen LogP contribution >= 0.6 is 0 Å². The van der Waals surface area contributed by atoms with Crippen LogP contribution in [0, 0.1) is 5.92 Å². The summed E-state index contributed by atoms with van der Waals surface area (Å²) in [4.78, 5) is 38.5. The smallest absolute Gasteiger partial charge is 0.416 e. The minimum absolute atomic E-state index is 0.0392. The van der Waals surface area contributed by atoms with Gasteiger partial charge in [0.15, 0.2) is 0 Å². The van der Waals surface area contributed by atoms with Crippen molar-refractivity contribution in [2.75, 3.05) is 18.0 Å². The lowest BCUT2D eigenvalue weighted by atomic mass is 10.0. The number of likely N-dealkylation sites (tertiary alicyclic amines) is 1. The van der Waals surface area contributed by atoms with Crippen LogP contribution in [0.15, 0.2) is 18.2 Å². The summed E-state index contributed by atoms with van der Waals surface area (Å²) in [5.41, 5.74) is -1.17. The van der Waals surface area contributed by atoms with Gasteiger partial charge in [-0.3, -0.25) is 14.4 Å². The van der Waals surface area contributed by atoms with E-state index in [0.717, 1.165) is 12.1 Å². The van der Waals surface area contributed by atoms with E-state index in [-0.39, 0.29) is 36.5 Å². The second kappa shape index (κ2) is 6.86. The Kier molecular flexibility index (Phi) is 4.88. The van der Waals surface area contributed by atoms with E-state index in [1.807, 2.05) is 0 Å². The molecule has 2 saturated heterocycles. The fraction of sp³-hybridized carbons (Fsp3) is 0.500. The van der Waals surface area contributed by atoms with Crippen molar-refractivity contribution in [3.63, 3.8) is 0 Å². The second-order valence-electron chi connectivity index (χ2n) is 6.89. The molecule has 2 aliphatic heterocycles. The largest absolute Gasteiger partial charge is 0.481 e. The number of carbonyl (C=O) groups is 3. The number of anilines is 1. The highest BCUT2D eigenvalue weighted by molar-refractivity contribution is 5.99. The maximum Gasteiger partial charge on any atom is 0.416 e.